The van der Waals surface area contributed by atoms with Gasteiger partial charge in [0.05, 0.1) is 11.2 Å². The summed E-state index contributed by atoms with van der Waals surface area (Å²) in [6.45, 7) is 5.26. The summed E-state index contributed by atoms with van der Waals surface area (Å²) in [5.41, 5.74) is 5.49. The molecular weight excluding hydrogens is 242 g/mol. The fourth-order valence-electron chi connectivity index (χ4n) is 1.89. The van der Waals surface area contributed by atoms with Gasteiger partial charge in [-0.05, 0) is 32.5 Å². The lowest BCUT2D eigenvalue weighted by Crippen LogP contribution is -2.31. The summed E-state index contributed by atoms with van der Waals surface area (Å²) < 4.78 is 0. The Hall–Kier alpha value is -1.26. The van der Waals surface area contributed by atoms with Gasteiger partial charge in [0.15, 0.2) is 0 Å². The van der Waals surface area contributed by atoms with Crippen molar-refractivity contribution in [2.45, 2.75) is 32.9 Å². The van der Waals surface area contributed by atoms with Gasteiger partial charge in [-0.25, -0.2) is 4.98 Å². The average molecular weight is 261 g/mol. The summed E-state index contributed by atoms with van der Waals surface area (Å²) in [4.78, 5) is 11.1. The number of hydrogen-bond donors (Lipinski definition) is 0. The van der Waals surface area contributed by atoms with Crippen LogP contribution in [0.3, 0.4) is 0 Å². The van der Waals surface area contributed by atoms with E-state index < -0.39 is 0 Å². The molecular formula is C14H19N3S. The Morgan fingerprint density at radius 3 is 2.89 bits per heavy atom. The molecule has 3 nitrogen and oxygen atoms in total. The highest BCUT2D eigenvalue weighted by Gasteiger charge is 2.13. The molecule has 1 unspecified atom stereocenters. The Kier molecular flexibility index (Phi) is 4.44. The van der Waals surface area contributed by atoms with Crippen LogP contribution in [-0.2, 0) is 13.0 Å². The first kappa shape index (κ1) is 13.2. The molecule has 0 aliphatic rings. The van der Waals surface area contributed by atoms with E-state index in [1.54, 1.807) is 11.3 Å². The normalized spacial score (nSPS) is 12.9. The molecule has 0 fully saturated rings. The van der Waals surface area contributed by atoms with Gasteiger partial charge < -0.3 is 0 Å². The van der Waals surface area contributed by atoms with Crippen molar-refractivity contribution in [1.82, 2.24) is 14.9 Å². The number of rotatable bonds is 5. The van der Waals surface area contributed by atoms with E-state index in [1.165, 1.54) is 11.3 Å². The number of aryl methyl sites for hydroxylation is 1. The van der Waals surface area contributed by atoms with E-state index in [9.17, 15) is 0 Å². The molecule has 2 heterocycles. The molecule has 18 heavy (non-hydrogen) atoms. The summed E-state index contributed by atoms with van der Waals surface area (Å²) >= 11 is 1.65. The van der Waals surface area contributed by atoms with Gasteiger partial charge in [0.2, 0.25) is 0 Å². The Morgan fingerprint density at radius 2 is 2.22 bits per heavy atom. The average Bonchev–Trinajstić information content (AvgIpc) is 2.84. The first-order chi connectivity index (χ1) is 8.66. The van der Waals surface area contributed by atoms with Crippen LogP contribution in [0.4, 0.5) is 0 Å². The lowest BCUT2D eigenvalue weighted by molar-refractivity contribution is 0.244. The van der Waals surface area contributed by atoms with Crippen LogP contribution in [0.5, 0.6) is 0 Å². The second kappa shape index (κ2) is 6.07. The van der Waals surface area contributed by atoms with Gasteiger partial charge in [0, 0.05) is 36.3 Å². The van der Waals surface area contributed by atoms with Gasteiger partial charge in [-0.1, -0.05) is 6.07 Å². The molecule has 0 N–H and O–H groups in total. The Morgan fingerprint density at radius 1 is 1.39 bits per heavy atom. The summed E-state index contributed by atoms with van der Waals surface area (Å²) in [6, 6.07) is 4.57. The fraction of sp³-hybridized carbons (Fsp3) is 0.429. The number of hydrogen-bond acceptors (Lipinski definition) is 4. The van der Waals surface area contributed by atoms with E-state index >= 15 is 0 Å². The van der Waals surface area contributed by atoms with E-state index in [0.29, 0.717) is 6.04 Å². The number of nitrogens with zero attached hydrogens (tertiary/aromatic N) is 3. The first-order valence-corrected chi connectivity index (χ1v) is 7.09. The van der Waals surface area contributed by atoms with Crippen molar-refractivity contribution in [3.63, 3.8) is 0 Å². The zero-order valence-electron chi connectivity index (χ0n) is 11.1. The predicted octanol–water partition coefficient (Wildman–Crippen LogP) is 2.91. The molecule has 4 heteroatoms. The van der Waals surface area contributed by atoms with Crippen molar-refractivity contribution in [3.8, 4) is 0 Å². The number of likely N-dealkylation sites (N-methyl/N-ethyl adjacent to an activating group) is 1. The van der Waals surface area contributed by atoms with Gasteiger partial charge in [0.1, 0.15) is 0 Å². The van der Waals surface area contributed by atoms with Gasteiger partial charge in [0.25, 0.3) is 0 Å². The quantitative estimate of drug-likeness (QED) is 0.828. The zero-order chi connectivity index (χ0) is 13.0. The summed E-state index contributed by atoms with van der Waals surface area (Å²) in [6.07, 6.45) is 2.85. The molecule has 0 aliphatic heterocycles. The van der Waals surface area contributed by atoms with Crippen LogP contribution >= 0.6 is 11.3 Å². The predicted molar refractivity (Wildman–Crippen MR) is 75.7 cm³/mol. The van der Waals surface area contributed by atoms with Crippen molar-refractivity contribution in [2.24, 2.45) is 0 Å². The van der Waals surface area contributed by atoms with Crippen molar-refractivity contribution in [1.29, 1.82) is 0 Å². The third-order valence-electron chi connectivity index (χ3n) is 3.25. The van der Waals surface area contributed by atoms with Crippen LogP contribution in [0.2, 0.25) is 0 Å². The molecule has 0 aliphatic carbocycles. The second-order valence-corrected chi connectivity index (χ2v) is 5.43. The highest BCUT2D eigenvalue weighted by molar-refractivity contribution is 7.07. The zero-order valence-corrected chi connectivity index (χ0v) is 11.9. The Labute approximate surface area is 113 Å². The second-order valence-electron chi connectivity index (χ2n) is 4.72. The molecule has 96 valence electrons. The van der Waals surface area contributed by atoms with Crippen LogP contribution in [0.1, 0.15) is 23.9 Å². The van der Waals surface area contributed by atoms with E-state index in [-0.39, 0.29) is 0 Å². The molecule has 2 aromatic heterocycles. The summed E-state index contributed by atoms with van der Waals surface area (Å²) in [5, 5.41) is 2.11. The summed E-state index contributed by atoms with van der Waals surface area (Å²) in [7, 11) is 2.14. The Balaban J connectivity index is 1.95. The smallest absolute Gasteiger partial charge is 0.0795 e. The SMILES string of the molecule is Cc1cccnc1CC(C)N(C)Cc1cscn1. The molecule has 0 radical (unpaired) electrons. The van der Waals surface area contributed by atoms with Crippen LogP contribution in [-0.4, -0.2) is 28.0 Å². The van der Waals surface area contributed by atoms with E-state index in [1.807, 2.05) is 17.8 Å². The summed E-state index contributed by atoms with van der Waals surface area (Å²) in [5.74, 6) is 0. The van der Waals surface area contributed by atoms with Gasteiger partial charge in [-0.2, -0.15) is 0 Å². The van der Waals surface area contributed by atoms with E-state index in [2.05, 4.69) is 47.2 Å². The highest BCUT2D eigenvalue weighted by atomic mass is 32.1. The van der Waals surface area contributed by atoms with Gasteiger partial charge in [-0.15, -0.1) is 11.3 Å². The van der Waals surface area contributed by atoms with E-state index in [0.717, 1.165) is 18.7 Å². The number of thiazole rings is 1. The van der Waals surface area contributed by atoms with Crippen LogP contribution in [0, 0.1) is 6.92 Å². The third-order valence-corrected chi connectivity index (χ3v) is 3.89. The molecule has 2 rings (SSSR count). The molecule has 1 atom stereocenters. The lowest BCUT2D eigenvalue weighted by atomic mass is 10.1. The minimum Gasteiger partial charge on any atom is -0.297 e. The molecule has 0 aromatic carbocycles. The van der Waals surface area contributed by atoms with Crippen molar-refractivity contribution < 1.29 is 0 Å². The molecule has 2 aromatic rings. The van der Waals surface area contributed by atoms with Crippen molar-refractivity contribution >= 4 is 11.3 Å². The maximum absolute atomic E-state index is 4.46. The minimum atomic E-state index is 0.459. The number of pyridine rings is 1. The van der Waals surface area contributed by atoms with Crippen LogP contribution in [0.25, 0.3) is 0 Å². The van der Waals surface area contributed by atoms with Gasteiger partial charge in [-0.3, -0.25) is 9.88 Å². The molecule has 0 saturated heterocycles. The van der Waals surface area contributed by atoms with Crippen LogP contribution in [0.15, 0.2) is 29.2 Å². The highest BCUT2D eigenvalue weighted by Crippen LogP contribution is 2.12. The third kappa shape index (κ3) is 3.37. The molecule has 0 spiro atoms. The topological polar surface area (TPSA) is 29.0 Å². The molecule has 0 bridgehead atoms. The number of aromatic nitrogens is 2. The van der Waals surface area contributed by atoms with E-state index in [4.69, 9.17) is 0 Å². The maximum Gasteiger partial charge on any atom is 0.0795 e. The Bertz CT molecular complexity index is 482. The monoisotopic (exact) mass is 261 g/mol. The minimum absolute atomic E-state index is 0.459. The first-order valence-electron chi connectivity index (χ1n) is 6.14. The van der Waals surface area contributed by atoms with Crippen molar-refractivity contribution in [2.75, 3.05) is 7.05 Å². The largest absolute Gasteiger partial charge is 0.297 e. The van der Waals surface area contributed by atoms with Gasteiger partial charge >= 0.3 is 0 Å². The van der Waals surface area contributed by atoms with Crippen molar-refractivity contribution in [3.05, 3.63) is 46.2 Å². The standard InChI is InChI=1S/C14H19N3S/c1-11-5-4-6-15-14(11)7-12(2)17(3)8-13-9-18-10-16-13/h4-6,9-10,12H,7-8H2,1-3H3. The molecule has 0 saturated carbocycles. The fourth-order valence-corrected chi connectivity index (χ4v) is 2.44. The lowest BCUT2D eigenvalue weighted by Gasteiger charge is -2.24. The molecule has 0 amide bonds. The van der Waals surface area contributed by atoms with Crippen LogP contribution < -0.4 is 0 Å². The maximum atomic E-state index is 4.46.